The van der Waals surface area contributed by atoms with Crippen molar-refractivity contribution >= 4 is 21.7 Å². The zero-order valence-corrected chi connectivity index (χ0v) is 15.3. The average molecular weight is 346 g/mol. The molecule has 0 amide bonds. The summed E-state index contributed by atoms with van der Waals surface area (Å²) in [5.74, 6) is 1.22. The number of unbranched alkanes of at least 4 members (excludes halogenated alkanes) is 1. The lowest BCUT2D eigenvalue weighted by Gasteiger charge is -2.10. The molecule has 0 aliphatic carbocycles. The third kappa shape index (κ3) is 3.38. The first-order chi connectivity index (χ1) is 12.3. The van der Waals surface area contributed by atoms with E-state index in [0.29, 0.717) is 0 Å². The van der Waals surface area contributed by atoms with Crippen molar-refractivity contribution in [3.8, 4) is 11.1 Å². The van der Waals surface area contributed by atoms with Crippen LogP contribution in [0.1, 0.15) is 31.2 Å². The monoisotopic (exact) mass is 346 g/mol. The first kappa shape index (κ1) is 16.1. The smallest absolute Gasteiger partial charge is 0.141 e. The molecule has 25 heavy (non-hydrogen) atoms. The van der Waals surface area contributed by atoms with E-state index in [1.165, 1.54) is 40.9 Å². The van der Waals surface area contributed by atoms with Crippen molar-refractivity contribution in [1.82, 2.24) is 9.55 Å². The Labute approximate surface area is 152 Å². The van der Waals surface area contributed by atoms with Crippen LogP contribution >= 0.6 is 11.3 Å². The van der Waals surface area contributed by atoms with Gasteiger partial charge >= 0.3 is 0 Å². The molecular weight excluding hydrogens is 324 g/mol. The summed E-state index contributed by atoms with van der Waals surface area (Å²) in [6, 6.07) is 21.7. The van der Waals surface area contributed by atoms with Crippen LogP contribution in [0.2, 0.25) is 0 Å². The van der Waals surface area contributed by atoms with E-state index >= 15 is 0 Å². The Morgan fingerprint density at radius 3 is 2.44 bits per heavy atom. The lowest BCUT2D eigenvalue weighted by molar-refractivity contribution is 0.690. The van der Waals surface area contributed by atoms with E-state index in [2.05, 4.69) is 77.5 Å². The van der Waals surface area contributed by atoms with E-state index < -0.39 is 0 Å². The summed E-state index contributed by atoms with van der Waals surface area (Å²) in [5.41, 5.74) is 5.12. The third-order valence-electron chi connectivity index (χ3n) is 4.61. The van der Waals surface area contributed by atoms with Crippen LogP contribution in [0.3, 0.4) is 0 Å². The average Bonchev–Trinajstić information content (AvgIpc) is 3.24. The molecule has 2 aromatic carbocycles. The number of rotatable bonds is 6. The van der Waals surface area contributed by atoms with Gasteiger partial charge in [-0.25, -0.2) is 4.98 Å². The van der Waals surface area contributed by atoms with Crippen LogP contribution in [-0.4, -0.2) is 9.55 Å². The summed E-state index contributed by atoms with van der Waals surface area (Å²) in [5, 5.41) is 2.14. The van der Waals surface area contributed by atoms with Gasteiger partial charge in [-0.2, -0.15) is 0 Å². The van der Waals surface area contributed by atoms with Crippen molar-refractivity contribution in [3.05, 3.63) is 77.4 Å². The summed E-state index contributed by atoms with van der Waals surface area (Å²) >= 11 is 1.73. The lowest BCUT2D eigenvalue weighted by Crippen LogP contribution is -2.05. The van der Waals surface area contributed by atoms with Crippen molar-refractivity contribution in [3.63, 3.8) is 0 Å². The van der Waals surface area contributed by atoms with Crippen LogP contribution in [0.4, 0.5) is 0 Å². The molecule has 0 fully saturated rings. The topological polar surface area (TPSA) is 17.8 Å². The molecule has 126 valence electrons. The Morgan fingerprint density at radius 1 is 0.920 bits per heavy atom. The second-order valence-corrected chi connectivity index (χ2v) is 7.29. The van der Waals surface area contributed by atoms with Crippen molar-refractivity contribution in [2.24, 2.45) is 0 Å². The Bertz CT molecular complexity index is 949. The lowest BCUT2D eigenvalue weighted by atomic mass is 10.0. The summed E-state index contributed by atoms with van der Waals surface area (Å²) in [7, 11) is 0. The number of benzene rings is 2. The number of thiophene rings is 1. The Kier molecular flexibility index (Phi) is 4.66. The van der Waals surface area contributed by atoms with Gasteiger partial charge < -0.3 is 4.57 Å². The molecule has 3 heteroatoms. The minimum atomic E-state index is 0.890. The molecule has 0 aliphatic heterocycles. The Morgan fingerprint density at radius 2 is 1.68 bits per heavy atom. The maximum Gasteiger partial charge on any atom is 0.141 e. The van der Waals surface area contributed by atoms with Gasteiger partial charge in [-0.3, -0.25) is 0 Å². The fraction of sp³-hybridized carbons (Fsp3) is 0.227. The van der Waals surface area contributed by atoms with Gasteiger partial charge in [-0.15, -0.1) is 11.3 Å². The normalized spacial score (nSPS) is 11.2. The molecule has 4 rings (SSSR count). The van der Waals surface area contributed by atoms with Crippen molar-refractivity contribution in [2.45, 2.75) is 32.7 Å². The van der Waals surface area contributed by atoms with Gasteiger partial charge in [0.05, 0.1) is 5.52 Å². The molecule has 0 bridgehead atoms. The number of fused-ring (bicyclic) bond motifs is 1. The Balaban J connectivity index is 1.61. The number of imidazole rings is 1. The largest absolute Gasteiger partial charge is 0.323 e. The van der Waals surface area contributed by atoms with E-state index in [0.717, 1.165) is 17.8 Å². The van der Waals surface area contributed by atoms with Gasteiger partial charge in [-0.05, 0) is 34.6 Å². The predicted octanol–water partition coefficient (Wildman–Crippen LogP) is 6.16. The number of hydrogen-bond donors (Lipinski definition) is 0. The van der Waals surface area contributed by atoms with Crippen LogP contribution in [0.25, 0.3) is 21.5 Å². The standard InChI is InChI=1S/C22H22N2S/c1-2-3-9-21-23-22-20(14-15-25-22)24(21)16-17-10-12-19(13-11-17)18-7-5-4-6-8-18/h4-8,10-15H,2-3,9,16H2,1H3. The number of aryl methyl sites for hydroxylation is 1. The van der Waals surface area contributed by atoms with E-state index in [1.807, 2.05) is 0 Å². The van der Waals surface area contributed by atoms with Gasteiger partial charge in [0, 0.05) is 13.0 Å². The Hall–Kier alpha value is -2.39. The highest BCUT2D eigenvalue weighted by atomic mass is 32.1. The summed E-state index contributed by atoms with van der Waals surface area (Å²) in [4.78, 5) is 6.01. The summed E-state index contributed by atoms with van der Waals surface area (Å²) in [6.45, 7) is 3.12. The van der Waals surface area contributed by atoms with Gasteiger partial charge in [0.15, 0.2) is 0 Å². The minimum absolute atomic E-state index is 0.890. The molecule has 2 aromatic heterocycles. The first-order valence-corrected chi connectivity index (χ1v) is 9.80. The molecule has 0 spiro atoms. The number of hydrogen-bond acceptors (Lipinski definition) is 2. The van der Waals surface area contributed by atoms with Gasteiger partial charge in [0.2, 0.25) is 0 Å². The fourth-order valence-corrected chi connectivity index (χ4v) is 4.00. The summed E-state index contributed by atoms with van der Waals surface area (Å²) in [6.07, 6.45) is 3.45. The number of aromatic nitrogens is 2. The van der Waals surface area contributed by atoms with Gasteiger partial charge in [0.25, 0.3) is 0 Å². The molecule has 0 atom stereocenters. The van der Waals surface area contributed by atoms with E-state index in [9.17, 15) is 0 Å². The molecule has 0 N–H and O–H groups in total. The zero-order valence-electron chi connectivity index (χ0n) is 14.5. The molecular formula is C22H22N2S. The highest BCUT2D eigenvalue weighted by Crippen LogP contribution is 2.25. The second-order valence-electron chi connectivity index (χ2n) is 6.39. The maximum atomic E-state index is 4.85. The molecule has 0 saturated heterocycles. The molecule has 2 nitrogen and oxygen atoms in total. The number of nitrogens with zero attached hydrogens (tertiary/aromatic N) is 2. The first-order valence-electron chi connectivity index (χ1n) is 8.92. The molecule has 2 heterocycles. The van der Waals surface area contributed by atoms with Crippen LogP contribution in [-0.2, 0) is 13.0 Å². The molecule has 0 unspecified atom stereocenters. The summed E-state index contributed by atoms with van der Waals surface area (Å²) < 4.78 is 2.39. The van der Waals surface area contributed by atoms with Crippen LogP contribution in [0.5, 0.6) is 0 Å². The molecule has 4 aromatic rings. The van der Waals surface area contributed by atoms with Crippen LogP contribution in [0.15, 0.2) is 66.0 Å². The van der Waals surface area contributed by atoms with Crippen molar-refractivity contribution in [1.29, 1.82) is 0 Å². The van der Waals surface area contributed by atoms with E-state index in [1.54, 1.807) is 11.3 Å². The predicted molar refractivity (Wildman–Crippen MR) is 107 cm³/mol. The quantitative estimate of drug-likeness (QED) is 0.409. The van der Waals surface area contributed by atoms with Gasteiger partial charge in [-0.1, -0.05) is 67.9 Å². The second kappa shape index (κ2) is 7.24. The van der Waals surface area contributed by atoms with Crippen LogP contribution < -0.4 is 0 Å². The van der Waals surface area contributed by atoms with Gasteiger partial charge in [0.1, 0.15) is 10.7 Å². The molecule has 0 aliphatic rings. The highest BCUT2D eigenvalue weighted by Gasteiger charge is 2.12. The fourth-order valence-electron chi connectivity index (χ4n) is 3.22. The molecule has 0 saturated carbocycles. The molecule has 0 radical (unpaired) electrons. The maximum absolute atomic E-state index is 4.85. The van der Waals surface area contributed by atoms with Crippen molar-refractivity contribution < 1.29 is 0 Å². The SMILES string of the molecule is CCCCc1nc2sccc2n1Cc1ccc(-c2ccccc2)cc1. The zero-order chi connectivity index (χ0) is 17.1. The minimum Gasteiger partial charge on any atom is -0.323 e. The van der Waals surface area contributed by atoms with Crippen molar-refractivity contribution in [2.75, 3.05) is 0 Å². The van der Waals surface area contributed by atoms with Crippen LogP contribution in [0, 0.1) is 0 Å². The third-order valence-corrected chi connectivity index (χ3v) is 5.41. The van der Waals surface area contributed by atoms with E-state index in [4.69, 9.17) is 4.98 Å². The van der Waals surface area contributed by atoms with E-state index in [-0.39, 0.29) is 0 Å². The highest BCUT2D eigenvalue weighted by molar-refractivity contribution is 7.16.